The summed E-state index contributed by atoms with van der Waals surface area (Å²) >= 11 is 2.63. The Balaban J connectivity index is 1.97. The number of thioether (sulfide) groups is 1. The lowest BCUT2D eigenvalue weighted by atomic mass is 10.4. The Morgan fingerprint density at radius 3 is 2.95 bits per heavy atom. The molecule has 0 aliphatic carbocycles. The van der Waals surface area contributed by atoms with Gasteiger partial charge in [-0.05, 0) is 13.0 Å². The van der Waals surface area contributed by atoms with Crippen LogP contribution in [0.1, 0.15) is 15.4 Å². The summed E-state index contributed by atoms with van der Waals surface area (Å²) in [5.41, 5.74) is 0.501. The van der Waals surface area contributed by atoms with E-state index in [0.29, 0.717) is 18.0 Å². The number of aryl methyl sites for hydroxylation is 2. The summed E-state index contributed by atoms with van der Waals surface area (Å²) < 4.78 is 2.34. The average Bonchev–Trinajstić information content (AvgIpc) is 2.73. The fourth-order valence-electron chi connectivity index (χ4n) is 1.51. The molecule has 0 bridgehead atoms. The molecular weight excluding hydrogens is 284 g/mol. The molecule has 1 N–H and O–H groups in total. The van der Waals surface area contributed by atoms with Crippen molar-refractivity contribution in [3.63, 3.8) is 0 Å². The topological polar surface area (TPSA) is 72.2 Å². The van der Waals surface area contributed by atoms with Gasteiger partial charge in [-0.15, -0.1) is 11.3 Å². The van der Waals surface area contributed by atoms with Gasteiger partial charge in [0.25, 0.3) is 5.56 Å². The molecule has 0 aliphatic rings. The Kier molecular flexibility index (Phi) is 4.39. The quantitative estimate of drug-likeness (QED) is 0.856. The van der Waals surface area contributed by atoms with Gasteiger partial charge in [-0.2, -0.15) is 0 Å². The monoisotopic (exact) mass is 296 g/mol. The molecule has 0 unspecified atom stereocenters. The number of pyridine rings is 1. The molecule has 0 amide bonds. The smallest absolute Gasteiger partial charge is 0.347 e. The Hall–Kier alpha value is -1.60. The predicted octanol–water partition coefficient (Wildman–Crippen LogP) is 2.10. The molecule has 0 saturated heterocycles. The first kappa shape index (κ1) is 13.8. The molecule has 0 saturated carbocycles. The molecule has 0 fully saturated rings. The van der Waals surface area contributed by atoms with Crippen LogP contribution in [0.25, 0.3) is 0 Å². The predicted molar refractivity (Wildman–Crippen MR) is 75.2 cm³/mol. The molecule has 2 aromatic rings. The number of hydrogen-bond acceptors (Lipinski definition) is 5. The van der Waals surface area contributed by atoms with Crippen LogP contribution in [0, 0.1) is 6.92 Å². The van der Waals surface area contributed by atoms with Crippen LogP contribution in [0.4, 0.5) is 0 Å². The van der Waals surface area contributed by atoms with Gasteiger partial charge < -0.3 is 9.67 Å². The second-order valence-corrected chi connectivity index (χ2v) is 6.12. The highest BCUT2D eigenvalue weighted by Gasteiger charge is 2.13. The van der Waals surface area contributed by atoms with E-state index in [9.17, 15) is 9.59 Å². The van der Waals surface area contributed by atoms with Crippen LogP contribution in [0.2, 0.25) is 0 Å². The van der Waals surface area contributed by atoms with Gasteiger partial charge in [0.05, 0.1) is 5.69 Å². The van der Waals surface area contributed by atoms with Gasteiger partial charge in [-0.25, -0.2) is 9.78 Å². The van der Waals surface area contributed by atoms with E-state index in [1.54, 1.807) is 23.8 Å². The van der Waals surface area contributed by atoms with Crippen LogP contribution in [0.3, 0.4) is 0 Å². The van der Waals surface area contributed by atoms with Crippen molar-refractivity contribution in [3.05, 3.63) is 45.3 Å². The van der Waals surface area contributed by atoms with Crippen molar-refractivity contribution in [1.82, 2.24) is 9.55 Å². The molecule has 2 heterocycles. The van der Waals surface area contributed by atoms with E-state index in [1.165, 1.54) is 29.2 Å². The minimum absolute atomic E-state index is 0.0374. The van der Waals surface area contributed by atoms with Gasteiger partial charge in [0, 0.05) is 24.6 Å². The molecule has 0 radical (unpaired) electrons. The number of carboxylic acids is 1. The Labute approximate surface area is 117 Å². The summed E-state index contributed by atoms with van der Waals surface area (Å²) in [7, 11) is 0. The minimum atomic E-state index is -0.943. The summed E-state index contributed by atoms with van der Waals surface area (Å²) in [6, 6.07) is 5.03. The molecule has 0 aliphatic heterocycles. The molecule has 2 aromatic heterocycles. The standard InChI is InChI=1S/C12H12N2O3S2/c1-8-10(11(16)17)19-12(13-8)18-7-6-14-5-3-2-4-9(14)15/h2-5H,6-7H2,1H3,(H,16,17). The number of carboxylic acid groups (broad SMARTS) is 1. The molecule has 2 rings (SSSR count). The first-order valence-corrected chi connectivity index (χ1v) is 7.37. The Morgan fingerprint density at radius 1 is 1.53 bits per heavy atom. The zero-order valence-corrected chi connectivity index (χ0v) is 11.8. The van der Waals surface area contributed by atoms with Crippen LogP contribution in [0.15, 0.2) is 33.5 Å². The van der Waals surface area contributed by atoms with Gasteiger partial charge in [0.15, 0.2) is 4.34 Å². The van der Waals surface area contributed by atoms with Gasteiger partial charge in [0.1, 0.15) is 4.88 Å². The van der Waals surface area contributed by atoms with Gasteiger partial charge in [0.2, 0.25) is 0 Å². The Bertz CT molecular complexity index is 648. The van der Waals surface area contributed by atoms with Crippen LogP contribution in [-0.2, 0) is 6.54 Å². The minimum Gasteiger partial charge on any atom is -0.477 e. The lowest BCUT2D eigenvalue weighted by molar-refractivity contribution is 0.0701. The van der Waals surface area contributed by atoms with E-state index in [-0.39, 0.29) is 10.4 Å². The van der Waals surface area contributed by atoms with Crippen molar-refractivity contribution in [2.75, 3.05) is 5.75 Å². The molecule has 0 aromatic carbocycles. The van der Waals surface area contributed by atoms with E-state index in [2.05, 4.69) is 4.98 Å². The maximum Gasteiger partial charge on any atom is 0.347 e. The fourth-order valence-corrected chi connectivity index (χ4v) is 3.55. The van der Waals surface area contributed by atoms with Crippen molar-refractivity contribution < 1.29 is 9.90 Å². The third kappa shape index (κ3) is 3.45. The summed E-state index contributed by atoms with van der Waals surface area (Å²) in [5, 5.41) is 8.93. The van der Waals surface area contributed by atoms with Gasteiger partial charge in [-0.3, -0.25) is 4.79 Å². The molecule has 5 nitrogen and oxygen atoms in total. The molecular formula is C12H12N2O3S2. The highest BCUT2D eigenvalue weighted by molar-refractivity contribution is 8.01. The van der Waals surface area contributed by atoms with Gasteiger partial charge >= 0.3 is 5.97 Å². The maximum absolute atomic E-state index is 11.5. The number of carbonyl (C=O) groups is 1. The zero-order valence-electron chi connectivity index (χ0n) is 10.2. The van der Waals surface area contributed by atoms with Crippen molar-refractivity contribution in [2.24, 2.45) is 0 Å². The number of thiazole rings is 1. The zero-order chi connectivity index (χ0) is 13.8. The van der Waals surface area contributed by atoms with Crippen molar-refractivity contribution in [2.45, 2.75) is 17.8 Å². The third-order valence-corrected chi connectivity index (χ3v) is 4.70. The third-order valence-electron chi connectivity index (χ3n) is 2.43. The van der Waals surface area contributed by atoms with Crippen molar-refractivity contribution in [1.29, 1.82) is 0 Å². The molecule has 100 valence electrons. The van der Waals surface area contributed by atoms with E-state index < -0.39 is 5.97 Å². The normalized spacial score (nSPS) is 10.6. The lowest BCUT2D eigenvalue weighted by Crippen LogP contribution is -2.18. The van der Waals surface area contributed by atoms with E-state index >= 15 is 0 Å². The summed E-state index contributed by atoms with van der Waals surface area (Å²) in [5.74, 6) is -0.267. The first-order valence-electron chi connectivity index (χ1n) is 5.57. The SMILES string of the molecule is Cc1nc(SCCn2ccccc2=O)sc1C(=O)O. The molecule has 0 spiro atoms. The second-order valence-electron chi connectivity index (χ2n) is 3.78. The number of hydrogen-bond donors (Lipinski definition) is 1. The van der Waals surface area contributed by atoms with Crippen LogP contribution < -0.4 is 5.56 Å². The number of nitrogens with zero attached hydrogens (tertiary/aromatic N) is 2. The van der Waals surface area contributed by atoms with Crippen LogP contribution in [0.5, 0.6) is 0 Å². The van der Waals surface area contributed by atoms with E-state index in [4.69, 9.17) is 5.11 Å². The van der Waals surface area contributed by atoms with Crippen molar-refractivity contribution >= 4 is 29.1 Å². The first-order chi connectivity index (χ1) is 9.08. The molecule has 19 heavy (non-hydrogen) atoms. The maximum atomic E-state index is 11.5. The number of aromatic nitrogens is 2. The van der Waals surface area contributed by atoms with Crippen molar-refractivity contribution in [3.8, 4) is 0 Å². The van der Waals surface area contributed by atoms with E-state index in [1.807, 2.05) is 6.07 Å². The van der Waals surface area contributed by atoms with Crippen LogP contribution >= 0.6 is 23.1 Å². The van der Waals surface area contributed by atoms with E-state index in [0.717, 1.165) is 4.34 Å². The number of aromatic carboxylic acids is 1. The summed E-state index contributed by atoms with van der Waals surface area (Å²) in [6.07, 6.45) is 1.73. The summed E-state index contributed by atoms with van der Waals surface area (Å²) in [6.45, 7) is 2.26. The Morgan fingerprint density at radius 2 is 2.32 bits per heavy atom. The highest BCUT2D eigenvalue weighted by atomic mass is 32.2. The second kappa shape index (κ2) is 6.03. The number of rotatable bonds is 5. The van der Waals surface area contributed by atoms with Crippen LogP contribution in [-0.4, -0.2) is 26.4 Å². The molecule has 0 atom stereocenters. The lowest BCUT2D eigenvalue weighted by Gasteiger charge is -2.02. The fraction of sp³-hybridized carbons (Fsp3) is 0.250. The average molecular weight is 296 g/mol. The highest BCUT2D eigenvalue weighted by Crippen LogP contribution is 2.27. The van der Waals surface area contributed by atoms with Gasteiger partial charge in [-0.1, -0.05) is 17.8 Å². The molecule has 7 heteroatoms. The largest absolute Gasteiger partial charge is 0.477 e. The summed E-state index contributed by atoms with van der Waals surface area (Å²) in [4.78, 5) is 26.8.